The number of benzene rings is 1. The molecule has 134 valence electrons. The second kappa shape index (κ2) is 6.78. The molecule has 0 spiro atoms. The summed E-state index contributed by atoms with van der Waals surface area (Å²) in [6.07, 6.45) is 5.17. The van der Waals surface area contributed by atoms with Crippen molar-refractivity contribution < 1.29 is 0 Å². The largest absolute Gasteiger partial charge is 0.295 e. The molecule has 0 aliphatic rings. The van der Waals surface area contributed by atoms with Gasteiger partial charge in [0.1, 0.15) is 11.6 Å². The van der Waals surface area contributed by atoms with Gasteiger partial charge in [-0.05, 0) is 31.0 Å². The van der Waals surface area contributed by atoms with E-state index < -0.39 is 0 Å². The fourth-order valence-corrected chi connectivity index (χ4v) is 3.76. The van der Waals surface area contributed by atoms with Gasteiger partial charge in [-0.25, -0.2) is 14.5 Å². The van der Waals surface area contributed by atoms with Gasteiger partial charge in [0, 0.05) is 30.4 Å². The zero-order valence-electron chi connectivity index (χ0n) is 14.8. The van der Waals surface area contributed by atoms with Crippen molar-refractivity contribution in [1.29, 1.82) is 5.26 Å². The van der Waals surface area contributed by atoms with Gasteiger partial charge in [0.05, 0.1) is 11.4 Å². The number of rotatable bonds is 4. The molecule has 3 heterocycles. The first-order chi connectivity index (χ1) is 13.1. The minimum Gasteiger partial charge on any atom is -0.295 e. The molecule has 3 aromatic heterocycles. The number of nitrogens with zero attached hydrogens (tertiary/aromatic N) is 5. The monoisotopic (exact) mass is 376 g/mol. The Morgan fingerprint density at radius 3 is 3.00 bits per heavy atom. The molecule has 0 aliphatic carbocycles. The van der Waals surface area contributed by atoms with Crippen molar-refractivity contribution in [3.05, 3.63) is 75.6 Å². The summed E-state index contributed by atoms with van der Waals surface area (Å²) in [6.45, 7) is 4.17. The average Bonchev–Trinajstić information content (AvgIpc) is 3.29. The molecule has 0 unspecified atom stereocenters. The highest BCUT2D eigenvalue weighted by Gasteiger charge is 2.12. The van der Waals surface area contributed by atoms with E-state index in [1.165, 1.54) is 39.7 Å². The molecule has 0 amide bonds. The highest BCUT2D eigenvalue weighted by atomic mass is 32.2. The number of aromatic nitrogens is 5. The third-order valence-corrected chi connectivity index (χ3v) is 5.46. The number of aromatic amines is 1. The quantitative estimate of drug-likeness (QED) is 0.553. The van der Waals surface area contributed by atoms with Gasteiger partial charge in [-0.2, -0.15) is 5.26 Å². The molecular weight excluding hydrogens is 360 g/mol. The van der Waals surface area contributed by atoms with Crippen LogP contribution in [0.2, 0.25) is 0 Å². The van der Waals surface area contributed by atoms with Crippen molar-refractivity contribution in [2.45, 2.75) is 24.8 Å². The lowest BCUT2D eigenvalue weighted by atomic mass is 10.1. The minimum atomic E-state index is -0.241. The average molecular weight is 376 g/mol. The first-order valence-electron chi connectivity index (χ1n) is 8.31. The molecule has 7 nitrogen and oxygen atoms in total. The minimum absolute atomic E-state index is 0.241. The van der Waals surface area contributed by atoms with E-state index in [2.05, 4.69) is 41.0 Å². The van der Waals surface area contributed by atoms with Crippen molar-refractivity contribution in [3.8, 4) is 11.8 Å². The third-order valence-electron chi connectivity index (χ3n) is 4.46. The number of nitrogens with one attached hydrogen (secondary N) is 1. The molecule has 0 bridgehead atoms. The summed E-state index contributed by atoms with van der Waals surface area (Å²) in [4.78, 5) is 21.1. The molecule has 1 aromatic carbocycles. The van der Waals surface area contributed by atoms with Crippen LogP contribution in [0.1, 0.15) is 22.4 Å². The van der Waals surface area contributed by atoms with Crippen molar-refractivity contribution in [2.24, 2.45) is 0 Å². The number of hydrogen-bond donors (Lipinski definition) is 1. The van der Waals surface area contributed by atoms with Crippen LogP contribution in [0.25, 0.3) is 11.3 Å². The van der Waals surface area contributed by atoms with Crippen molar-refractivity contribution in [3.63, 3.8) is 0 Å². The summed E-state index contributed by atoms with van der Waals surface area (Å²) in [6, 6.07) is 9.68. The summed E-state index contributed by atoms with van der Waals surface area (Å²) in [5, 5.41) is 12.7. The van der Waals surface area contributed by atoms with E-state index in [1.807, 2.05) is 22.9 Å². The van der Waals surface area contributed by atoms with E-state index in [1.54, 1.807) is 6.20 Å². The smallest absolute Gasteiger partial charge is 0.272 e. The van der Waals surface area contributed by atoms with Gasteiger partial charge in [-0.1, -0.05) is 23.9 Å². The normalized spacial score (nSPS) is 11.0. The maximum atomic E-state index is 12.2. The highest BCUT2D eigenvalue weighted by Crippen LogP contribution is 2.26. The van der Waals surface area contributed by atoms with Gasteiger partial charge in [-0.3, -0.25) is 14.5 Å². The van der Waals surface area contributed by atoms with Gasteiger partial charge in [0.25, 0.3) is 5.56 Å². The Labute approximate surface area is 159 Å². The second-order valence-electron chi connectivity index (χ2n) is 6.13. The molecular formula is C19H16N6OS. The molecule has 0 radical (unpaired) electrons. The Balaban J connectivity index is 1.65. The molecule has 0 fully saturated rings. The van der Waals surface area contributed by atoms with Gasteiger partial charge in [0.15, 0.2) is 10.8 Å². The Bertz CT molecular complexity index is 1240. The Morgan fingerprint density at radius 2 is 2.19 bits per heavy atom. The van der Waals surface area contributed by atoms with Crippen LogP contribution in [0.3, 0.4) is 0 Å². The van der Waals surface area contributed by atoms with E-state index in [0.717, 1.165) is 10.8 Å². The number of fused-ring (bicyclic) bond motifs is 1. The summed E-state index contributed by atoms with van der Waals surface area (Å²) < 4.78 is 3.30. The van der Waals surface area contributed by atoms with Crippen LogP contribution in [0.4, 0.5) is 0 Å². The zero-order chi connectivity index (χ0) is 19.0. The number of nitriles is 1. The van der Waals surface area contributed by atoms with E-state index >= 15 is 0 Å². The molecule has 1 N–H and O–H groups in total. The predicted octanol–water partition coefficient (Wildman–Crippen LogP) is 2.99. The van der Waals surface area contributed by atoms with Gasteiger partial charge in [0.2, 0.25) is 0 Å². The van der Waals surface area contributed by atoms with Gasteiger partial charge >= 0.3 is 0 Å². The van der Waals surface area contributed by atoms with Crippen LogP contribution in [-0.4, -0.2) is 24.1 Å². The van der Waals surface area contributed by atoms with Crippen LogP contribution in [0.15, 0.2) is 52.8 Å². The fraction of sp³-hybridized carbons (Fsp3) is 0.158. The van der Waals surface area contributed by atoms with E-state index in [9.17, 15) is 4.79 Å². The topological polar surface area (TPSA) is 91.8 Å². The van der Waals surface area contributed by atoms with E-state index in [-0.39, 0.29) is 5.56 Å². The molecule has 0 atom stereocenters. The molecule has 4 aromatic rings. The van der Waals surface area contributed by atoms with Crippen LogP contribution in [0.5, 0.6) is 0 Å². The van der Waals surface area contributed by atoms with Crippen molar-refractivity contribution >= 4 is 17.4 Å². The van der Waals surface area contributed by atoms with Crippen LogP contribution in [-0.2, 0) is 5.75 Å². The third kappa shape index (κ3) is 3.02. The summed E-state index contributed by atoms with van der Waals surface area (Å²) in [7, 11) is 0. The maximum Gasteiger partial charge on any atom is 0.272 e. The van der Waals surface area contributed by atoms with E-state index in [0.29, 0.717) is 22.7 Å². The summed E-state index contributed by atoms with van der Waals surface area (Å²) in [5.74, 6) is 0.476. The molecule has 0 saturated heterocycles. The first-order valence-corrected chi connectivity index (χ1v) is 9.30. The molecule has 4 rings (SSSR count). The van der Waals surface area contributed by atoms with Gasteiger partial charge < -0.3 is 0 Å². The Hall–Kier alpha value is -3.31. The molecule has 8 heteroatoms. The van der Waals surface area contributed by atoms with Crippen LogP contribution in [0, 0.1) is 25.2 Å². The number of hydrogen-bond acceptors (Lipinski definition) is 5. The standard InChI is InChI=1S/C19H16N6OS/c1-12-4-3-5-16(13(12)2)24-7-6-21-19(24)27-11-15-8-17(26)25-18(23-15)14(9-20)10-22-25/h3-8,10,22H,11H2,1-2H3. The number of aryl methyl sites for hydroxylation is 1. The Kier molecular flexibility index (Phi) is 4.30. The number of imidazole rings is 1. The second-order valence-corrected chi connectivity index (χ2v) is 7.07. The number of H-pyrrole nitrogens is 1. The lowest BCUT2D eigenvalue weighted by Crippen LogP contribution is -2.15. The zero-order valence-corrected chi connectivity index (χ0v) is 15.6. The maximum absolute atomic E-state index is 12.2. The summed E-state index contributed by atoms with van der Waals surface area (Å²) in [5.41, 5.74) is 4.55. The van der Waals surface area contributed by atoms with E-state index in [4.69, 9.17) is 5.26 Å². The lowest BCUT2D eigenvalue weighted by molar-refractivity contribution is 0.878. The van der Waals surface area contributed by atoms with Crippen LogP contribution < -0.4 is 5.56 Å². The Morgan fingerprint density at radius 1 is 1.33 bits per heavy atom. The predicted molar refractivity (Wildman–Crippen MR) is 103 cm³/mol. The first kappa shape index (κ1) is 17.1. The van der Waals surface area contributed by atoms with Crippen LogP contribution >= 0.6 is 11.8 Å². The van der Waals surface area contributed by atoms with Gasteiger partial charge in [-0.15, -0.1) is 0 Å². The van der Waals surface area contributed by atoms with Crippen molar-refractivity contribution in [2.75, 3.05) is 0 Å². The van der Waals surface area contributed by atoms with Crippen molar-refractivity contribution in [1.82, 2.24) is 24.1 Å². The summed E-state index contributed by atoms with van der Waals surface area (Å²) >= 11 is 1.50. The number of thioether (sulfide) groups is 1. The molecule has 0 saturated carbocycles. The highest BCUT2D eigenvalue weighted by molar-refractivity contribution is 7.98. The molecule has 0 aliphatic heterocycles. The SMILES string of the molecule is Cc1cccc(-n2ccnc2SCc2cc(=O)n3[nH]cc(C#N)c3n2)c1C. The molecule has 27 heavy (non-hydrogen) atoms. The fourth-order valence-electron chi connectivity index (χ4n) is 2.90. The lowest BCUT2D eigenvalue weighted by Gasteiger charge is -2.12.